The highest BCUT2D eigenvalue weighted by Crippen LogP contribution is 2.37. The van der Waals surface area contributed by atoms with Gasteiger partial charge in [-0.2, -0.15) is 0 Å². The van der Waals surface area contributed by atoms with E-state index in [1.54, 1.807) is 6.07 Å². The van der Waals surface area contributed by atoms with Crippen LogP contribution in [0.15, 0.2) is 45.2 Å². The molecule has 0 aliphatic rings. The fourth-order valence-corrected chi connectivity index (χ4v) is 2.81. The molecule has 0 spiro atoms. The maximum absolute atomic E-state index is 11.1. The number of nitrogen functional groups attached to an aromatic ring is 1. The first-order valence-corrected chi connectivity index (χ1v) is 7.90. The van der Waals surface area contributed by atoms with Crippen molar-refractivity contribution in [2.45, 2.75) is 19.8 Å². The van der Waals surface area contributed by atoms with Crippen LogP contribution in [0.1, 0.15) is 35.7 Å². The zero-order valence-electron chi connectivity index (χ0n) is 13.7. The van der Waals surface area contributed by atoms with E-state index in [9.17, 15) is 4.79 Å². The van der Waals surface area contributed by atoms with E-state index < -0.39 is 5.97 Å². The van der Waals surface area contributed by atoms with E-state index in [0.29, 0.717) is 34.0 Å². The van der Waals surface area contributed by atoms with Crippen LogP contribution < -0.4 is 5.73 Å². The van der Waals surface area contributed by atoms with E-state index in [1.807, 2.05) is 18.2 Å². The van der Waals surface area contributed by atoms with Crippen LogP contribution in [-0.4, -0.2) is 16.1 Å². The molecule has 0 aliphatic carbocycles. The largest absolute Gasteiger partial charge is 0.478 e. The van der Waals surface area contributed by atoms with E-state index in [1.165, 1.54) is 12.1 Å². The minimum absolute atomic E-state index is 0.134. The summed E-state index contributed by atoms with van der Waals surface area (Å²) in [5.41, 5.74) is 9.54. The molecular formula is C19H16N2O4. The summed E-state index contributed by atoms with van der Waals surface area (Å²) >= 11 is 0. The molecular weight excluding hydrogens is 320 g/mol. The molecule has 4 aromatic rings. The number of nitrogens with zero attached hydrogens (tertiary/aromatic N) is 1. The summed E-state index contributed by atoms with van der Waals surface area (Å²) in [7, 11) is 0. The van der Waals surface area contributed by atoms with Gasteiger partial charge in [-0.25, -0.2) is 9.78 Å². The number of hydrogen-bond donors (Lipinski definition) is 2. The minimum Gasteiger partial charge on any atom is -0.478 e. The summed E-state index contributed by atoms with van der Waals surface area (Å²) in [6.07, 6.45) is 0. The number of carboxylic acids is 1. The number of aromatic carboxylic acids is 1. The van der Waals surface area contributed by atoms with Gasteiger partial charge in [-0.3, -0.25) is 0 Å². The number of rotatable bonds is 3. The van der Waals surface area contributed by atoms with Crippen molar-refractivity contribution in [2.24, 2.45) is 0 Å². The number of benzene rings is 2. The molecule has 0 bridgehead atoms. The van der Waals surface area contributed by atoms with Crippen molar-refractivity contribution in [1.29, 1.82) is 0 Å². The number of nitrogens with two attached hydrogens (primary N) is 1. The molecule has 126 valence electrons. The predicted octanol–water partition coefficient (Wildman–Crippen LogP) is 4.64. The smallest absolute Gasteiger partial charge is 0.335 e. The van der Waals surface area contributed by atoms with Crippen molar-refractivity contribution in [1.82, 2.24) is 4.98 Å². The first-order valence-electron chi connectivity index (χ1n) is 7.90. The van der Waals surface area contributed by atoms with Crippen LogP contribution in [0.4, 0.5) is 5.69 Å². The second-order valence-corrected chi connectivity index (χ2v) is 6.26. The fraction of sp³-hybridized carbons (Fsp3) is 0.158. The minimum atomic E-state index is -1.02. The number of carboxylic acid groups (broad SMARTS) is 1. The quantitative estimate of drug-likeness (QED) is 0.565. The third-order valence-electron chi connectivity index (χ3n) is 4.25. The summed E-state index contributed by atoms with van der Waals surface area (Å²) in [6.45, 7) is 4.21. The number of carbonyl (C=O) groups is 1. The first kappa shape index (κ1) is 15.3. The van der Waals surface area contributed by atoms with Gasteiger partial charge in [0, 0.05) is 5.39 Å². The van der Waals surface area contributed by atoms with Gasteiger partial charge in [0.1, 0.15) is 11.1 Å². The molecule has 2 aromatic heterocycles. The highest BCUT2D eigenvalue weighted by atomic mass is 16.4. The zero-order valence-corrected chi connectivity index (χ0v) is 13.7. The average Bonchev–Trinajstić information content (AvgIpc) is 3.14. The molecule has 25 heavy (non-hydrogen) atoms. The number of hydrogen-bond acceptors (Lipinski definition) is 5. The normalized spacial score (nSPS) is 11.6. The van der Waals surface area contributed by atoms with E-state index in [0.717, 1.165) is 10.9 Å². The molecule has 2 aromatic carbocycles. The van der Waals surface area contributed by atoms with Gasteiger partial charge >= 0.3 is 5.97 Å². The van der Waals surface area contributed by atoms with Gasteiger partial charge in [-0.15, -0.1) is 0 Å². The molecule has 3 N–H and O–H groups in total. The number of oxazole rings is 1. The van der Waals surface area contributed by atoms with Crippen LogP contribution in [0.2, 0.25) is 0 Å². The van der Waals surface area contributed by atoms with Crippen LogP contribution in [0.25, 0.3) is 33.7 Å². The first-order chi connectivity index (χ1) is 11.9. The highest BCUT2D eigenvalue weighted by molar-refractivity contribution is 5.97. The molecule has 0 aliphatic heterocycles. The summed E-state index contributed by atoms with van der Waals surface area (Å²) in [5.74, 6) is -0.0661. The van der Waals surface area contributed by atoms with Crippen molar-refractivity contribution >= 4 is 33.7 Å². The van der Waals surface area contributed by atoms with E-state index >= 15 is 0 Å². The number of aromatic nitrogens is 1. The Morgan fingerprint density at radius 1 is 1.12 bits per heavy atom. The average molecular weight is 336 g/mol. The molecule has 0 unspecified atom stereocenters. The SMILES string of the molecule is CC(C)c1ccc2c(N)c(-c3nc4ccc(C(=O)O)cc4o3)oc2c1. The van der Waals surface area contributed by atoms with E-state index in [2.05, 4.69) is 18.8 Å². The zero-order chi connectivity index (χ0) is 17.7. The van der Waals surface area contributed by atoms with Crippen molar-refractivity contribution in [3.8, 4) is 11.7 Å². The van der Waals surface area contributed by atoms with Crippen molar-refractivity contribution < 1.29 is 18.7 Å². The molecule has 4 rings (SSSR count). The standard InChI is InChI=1S/C19H16N2O4/c1-9(2)10-3-5-12-14(7-10)24-17(16(12)20)18-21-13-6-4-11(19(22)23)8-15(13)25-18/h3-9H,20H2,1-2H3,(H,22,23). The van der Waals surface area contributed by atoms with Crippen LogP contribution in [0.3, 0.4) is 0 Å². The molecule has 0 saturated heterocycles. The van der Waals surface area contributed by atoms with Gasteiger partial charge in [0.15, 0.2) is 5.58 Å². The molecule has 0 fully saturated rings. The number of anilines is 1. The Bertz CT molecular complexity index is 1120. The Morgan fingerprint density at radius 3 is 2.64 bits per heavy atom. The van der Waals surface area contributed by atoms with Gasteiger partial charge in [0.25, 0.3) is 5.89 Å². The summed E-state index contributed by atoms with van der Waals surface area (Å²) < 4.78 is 11.6. The second-order valence-electron chi connectivity index (χ2n) is 6.26. The summed E-state index contributed by atoms with van der Waals surface area (Å²) in [4.78, 5) is 15.4. The second kappa shape index (κ2) is 5.37. The Labute approximate surface area is 142 Å². The molecule has 6 heteroatoms. The summed E-state index contributed by atoms with van der Waals surface area (Å²) in [6, 6.07) is 10.4. The predicted molar refractivity (Wildman–Crippen MR) is 94.7 cm³/mol. The van der Waals surface area contributed by atoms with Crippen LogP contribution in [0.5, 0.6) is 0 Å². The van der Waals surface area contributed by atoms with Crippen LogP contribution >= 0.6 is 0 Å². The molecule has 6 nitrogen and oxygen atoms in total. The van der Waals surface area contributed by atoms with Gasteiger partial charge in [-0.1, -0.05) is 19.9 Å². The number of furan rings is 1. The van der Waals surface area contributed by atoms with Gasteiger partial charge in [0.05, 0.1) is 11.3 Å². The van der Waals surface area contributed by atoms with Gasteiger partial charge < -0.3 is 19.7 Å². The third kappa shape index (κ3) is 2.42. The van der Waals surface area contributed by atoms with Crippen molar-refractivity contribution in [3.05, 3.63) is 47.5 Å². The van der Waals surface area contributed by atoms with E-state index in [-0.39, 0.29) is 11.5 Å². The van der Waals surface area contributed by atoms with Crippen molar-refractivity contribution in [3.63, 3.8) is 0 Å². The summed E-state index contributed by atoms with van der Waals surface area (Å²) in [5, 5.41) is 9.88. The van der Waals surface area contributed by atoms with Crippen LogP contribution in [-0.2, 0) is 0 Å². The lowest BCUT2D eigenvalue weighted by Gasteiger charge is -2.03. The highest BCUT2D eigenvalue weighted by Gasteiger charge is 2.20. The Hall–Kier alpha value is -3.28. The Morgan fingerprint density at radius 2 is 1.92 bits per heavy atom. The molecule has 2 heterocycles. The fourth-order valence-electron chi connectivity index (χ4n) is 2.81. The monoisotopic (exact) mass is 336 g/mol. The molecule has 0 radical (unpaired) electrons. The Balaban J connectivity index is 1.87. The lowest BCUT2D eigenvalue weighted by atomic mass is 10.0. The lowest BCUT2D eigenvalue weighted by molar-refractivity contribution is 0.0697. The van der Waals surface area contributed by atoms with E-state index in [4.69, 9.17) is 19.7 Å². The lowest BCUT2D eigenvalue weighted by Crippen LogP contribution is -1.94. The van der Waals surface area contributed by atoms with Gasteiger partial charge in [-0.05, 0) is 41.8 Å². The maximum Gasteiger partial charge on any atom is 0.335 e. The van der Waals surface area contributed by atoms with Crippen molar-refractivity contribution in [2.75, 3.05) is 5.73 Å². The van der Waals surface area contributed by atoms with Crippen LogP contribution in [0, 0.1) is 0 Å². The Kier molecular flexibility index (Phi) is 3.28. The topological polar surface area (TPSA) is 102 Å². The molecule has 0 saturated carbocycles. The molecule has 0 atom stereocenters. The molecule has 0 amide bonds. The number of fused-ring (bicyclic) bond motifs is 2. The van der Waals surface area contributed by atoms with Gasteiger partial charge in [0.2, 0.25) is 5.76 Å². The maximum atomic E-state index is 11.1. The third-order valence-corrected chi connectivity index (χ3v) is 4.25.